The van der Waals surface area contributed by atoms with Crippen LogP contribution in [0.4, 0.5) is 0 Å². The molecule has 4 saturated carbocycles. The third-order valence-electron chi connectivity index (χ3n) is 20.3. The molecule has 9 N–H and O–H groups in total. The van der Waals surface area contributed by atoms with Crippen molar-refractivity contribution in [2.24, 2.45) is 23.2 Å². The molecule has 6 aliphatic rings. The summed E-state index contributed by atoms with van der Waals surface area (Å²) < 4.78 is 73.6. The van der Waals surface area contributed by atoms with Gasteiger partial charge in [0.25, 0.3) is 23.6 Å². The molecule has 0 spiro atoms. The number of aromatic carboxylic acids is 1. The Morgan fingerprint density at radius 2 is 0.722 bits per heavy atom. The summed E-state index contributed by atoms with van der Waals surface area (Å²) in [6, 6.07) is 52.4. The van der Waals surface area contributed by atoms with Gasteiger partial charge in [-0.15, -0.1) is 5.06 Å². The van der Waals surface area contributed by atoms with Gasteiger partial charge in [0.2, 0.25) is 15.5 Å². The van der Waals surface area contributed by atoms with E-state index in [0.717, 1.165) is 52.0 Å². The first-order valence-electron chi connectivity index (χ1n) is 43.0. The Morgan fingerprint density at radius 1 is 0.436 bits per heavy atom. The molecule has 0 radical (unpaired) electrons. The van der Waals surface area contributed by atoms with Gasteiger partial charge in [0, 0.05) is 80.2 Å². The summed E-state index contributed by atoms with van der Waals surface area (Å²) in [5.41, 5.74) is 4.65. The number of ketones is 1. The molecule has 1 atom stereocenters. The van der Waals surface area contributed by atoms with Crippen molar-refractivity contribution in [3.8, 4) is 0 Å². The molecule has 6 fully saturated rings. The number of esters is 1. The predicted molar refractivity (Wildman–Crippen MR) is 497 cm³/mol. The number of carbonyl (C=O) groups excluding carboxylic acids is 7. The SMILES string of the molecule is C.C.CC(=O)COC(CO)OC(C)=O.CC(c1ccccc1)(c1ccccc1)c1ccc(C(=O)ON2C(=O)CCC2=O)cc1.COCCOCCOCCOCCO.COCCOCCOCCOCCO.O=C(O)c1ccc(C(O)(c2ccccc2)c2ccccc2)cc1.O=C1CCC(=O)N1O.O=S(Cl)Cl.OCCC12CC3CC(CC(C3)C1)C2.OCCOCCOCCOCCO. The van der Waals surface area contributed by atoms with Crippen molar-refractivity contribution in [2.45, 2.75) is 124 Å². The Balaban J connectivity index is 0.000000778. The Kier molecular flexibility index (Phi) is 68.1. The van der Waals surface area contributed by atoms with E-state index in [-0.39, 0.29) is 95.5 Å². The van der Waals surface area contributed by atoms with Crippen molar-refractivity contribution in [1.82, 2.24) is 10.1 Å². The molecule has 34 nitrogen and oxygen atoms in total. The van der Waals surface area contributed by atoms with E-state index in [2.05, 4.69) is 57.3 Å². The van der Waals surface area contributed by atoms with Crippen LogP contribution in [0.5, 0.6) is 0 Å². The Morgan fingerprint density at radius 3 is 1.00 bits per heavy atom. The number of carbonyl (C=O) groups is 8. The lowest BCUT2D eigenvalue weighted by atomic mass is 9.49. The quantitative estimate of drug-likeness (QED) is 0.00326. The monoisotopic (exact) mass is 1930 g/mol. The third kappa shape index (κ3) is 49.8. The van der Waals surface area contributed by atoms with Gasteiger partial charge in [-0.05, 0) is 140 Å². The van der Waals surface area contributed by atoms with E-state index >= 15 is 0 Å². The van der Waals surface area contributed by atoms with Crippen LogP contribution in [0, 0.1) is 23.2 Å². The molecule has 4 bridgehead atoms. The molecule has 37 heteroatoms. The van der Waals surface area contributed by atoms with Crippen molar-refractivity contribution >= 4 is 77.9 Å². The molecule has 2 heterocycles. The number of carboxylic acids is 1. The smallest absolute Gasteiger partial charge is 0.363 e. The van der Waals surface area contributed by atoms with E-state index < -0.39 is 74.7 Å². The second kappa shape index (κ2) is 73.9. The molecule has 4 aliphatic carbocycles. The highest BCUT2D eigenvalue weighted by Gasteiger charge is 2.50. The number of Topliss-reactive ketones (excluding diaryl/α,β-unsaturated/α-hetero) is 1. The summed E-state index contributed by atoms with van der Waals surface area (Å²) in [6.07, 6.45) is 9.38. The summed E-state index contributed by atoms with van der Waals surface area (Å²) in [5, 5.41) is 80.9. The van der Waals surface area contributed by atoms with Crippen molar-refractivity contribution in [3.05, 3.63) is 214 Å². The maximum atomic E-state index is 12.4. The highest BCUT2D eigenvalue weighted by atomic mass is 36.0. The van der Waals surface area contributed by atoms with E-state index in [9.17, 15) is 43.5 Å². The summed E-state index contributed by atoms with van der Waals surface area (Å²) in [4.78, 5) is 93.1. The predicted octanol–water partition coefficient (Wildman–Crippen LogP) is 10.2. The fourth-order valence-corrected chi connectivity index (χ4v) is 14.6. The van der Waals surface area contributed by atoms with Gasteiger partial charge in [-0.3, -0.25) is 34.0 Å². The van der Waals surface area contributed by atoms with Crippen LogP contribution < -0.4 is 0 Å². The molecule has 1 unspecified atom stereocenters. The zero-order valence-corrected chi connectivity index (χ0v) is 77.6. The number of imide groups is 2. The van der Waals surface area contributed by atoms with Crippen molar-refractivity contribution in [2.75, 3.05) is 193 Å². The average Bonchev–Trinajstić information content (AvgIpc) is 1.17. The van der Waals surface area contributed by atoms with Crippen LogP contribution >= 0.6 is 21.4 Å². The van der Waals surface area contributed by atoms with Gasteiger partial charge in [-0.2, -0.15) is 5.06 Å². The molecule has 6 aromatic carbocycles. The van der Waals surface area contributed by atoms with Crippen LogP contribution in [0.15, 0.2) is 170 Å². The maximum Gasteiger partial charge on any atom is 0.363 e. The van der Waals surface area contributed by atoms with Gasteiger partial charge in [-0.1, -0.05) is 160 Å². The lowest BCUT2D eigenvalue weighted by Gasteiger charge is -2.57. The number of hydrogen-bond acceptors (Lipinski definition) is 31. The molecule has 12 rings (SSSR count). The lowest BCUT2D eigenvalue weighted by molar-refractivity contribution is -0.185. The number of rotatable bonds is 48. The lowest BCUT2D eigenvalue weighted by Crippen LogP contribution is -2.46. The largest absolute Gasteiger partial charge is 0.478 e. The van der Waals surface area contributed by atoms with Crippen molar-refractivity contribution < 1.29 is 155 Å². The molecular formula is C96H140Cl2N2O32S. The molecule has 2 saturated heterocycles. The van der Waals surface area contributed by atoms with Crippen LogP contribution in [0.2, 0.25) is 0 Å². The number of hydrogen-bond donors (Lipinski definition) is 9. The number of ether oxygens (including phenoxy) is 13. The van der Waals surface area contributed by atoms with E-state index in [4.69, 9.17) is 107 Å². The molecular weight excluding hydrogens is 1800 g/mol. The normalized spacial score (nSPS) is 16.2. The Labute approximate surface area is 792 Å². The van der Waals surface area contributed by atoms with Gasteiger partial charge >= 0.3 is 17.9 Å². The Hall–Kier alpha value is -8.39. The van der Waals surface area contributed by atoms with Gasteiger partial charge < -0.3 is 107 Å². The maximum absolute atomic E-state index is 12.4. The summed E-state index contributed by atoms with van der Waals surface area (Å²) in [5.74, 6) is -1.35. The minimum absolute atomic E-state index is 0. The minimum Gasteiger partial charge on any atom is -0.478 e. The number of hydroxylamine groups is 4. The molecule has 0 aromatic heterocycles. The van der Waals surface area contributed by atoms with E-state index in [1.54, 1.807) is 38.5 Å². The van der Waals surface area contributed by atoms with Crippen molar-refractivity contribution in [1.29, 1.82) is 0 Å². The highest BCUT2D eigenvalue weighted by Crippen LogP contribution is 2.61. The average molecular weight is 1940 g/mol. The Bertz CT molecular complexity index is 3890. The van der Waals surface area contributed by atoms with Crippen LogP contribution in [0.1, 0.15) is 160 Å². The first kappa shape index (κ1) is 123. The number of benzene rings is 6. The van der Waals surface area contributed by atoms with E-state index in [1.165, 1.54) is 64.5 Å². The zero-order valence-electron chi connectivity index (χ0n) is 75.3. The second-order valence-electron chi connectivity index (χ2n) is 30.0. The summed E-state index contributed by atoms with van der Waals surface area (Å²) in [7, 11) is 10.6. The summed E-state index contributed by atoms with van der Waals surface area (Å²) >= 11 is 0. The molecule has 133 heavy (non-hydrogen) atoms. The van der Waals surface area contributed by atoms with E-state index in [1.807, 2.05) is 109 Å². The van der Waals surface area contributed by atoms with Crippen LogP contribution in [0.25, 0.3) is 0 Å². The summed E-state index contributed by atoms with van der Waals surface area (Å²) in [6.45, 7) is 14.9. The van der Waals surface area contributed by atoms with Crippen LogP contribution in [0.3, 0.4) is 0 Å². The first-order valence-corrected chi connectivity index (χ1v) is 45.8. The molecule has 4 amide bonds. The number of methoxy groups -OCH3 is 2. The number of carboxylic acid groups (broad SMARTS) is 1. The number of amides is 4. The van der Waals surface area contributed by atoms with Gasteiger partial charge in [0.05, 0.1) is 170 Å². The number of halogens is 2. The zero-order chi connectivity index (χ0) is 96.3. The first-order chi connectivity index (χ1) is 63.2. The van der Waals surface area contributed by atoms with Crippen molar-refractivity contribution in [3.63, 3.8) is 0 Å². The van der Waals surface area contributed by atoms with Crippen LogP contribution in [-0.4, -0.2) is 307 Å². The molecule has 2 aliphatic heterocycles. The molecule has 746 valence electrons. The topological polar surface area (TPSA) is 471 Å². The van der Waals surface area contributed by atoms with Gasteiger partial charge in [0.1, 0.15) is 18.8 Å². The fraction of sp³-hybridized carbons (Fsp3) is 0.542. The second-order valence-corrected chi connectivity index (χ2v) is 32.5. The van der Waals surface area contributed by atoms with Gasteiger partial charge in [-0.25, -0.2) is 13.8 Å². The van der Waals surface area contributed by atoms with Gasteiger partial charge in [0.15, 0.2) is 5.78 Å². The van der Waals surface area contributed by atoms with Crippen LogP contribution in [-0.2, 0) is 115 Å². The highest BCUT2D eigenvalue weighted by molar-refractivity contribution is 8.26. The van der Waals surface area contributed by atoms with E-state index in [0.29, 0.717) is 155 Å². The minimum atomic E-state index is -1.67. The number of aliphatic hydroxyl groups is 7. The third-order valence-corrected chi connectivity index (χ3v) is 20.3. The number of aliphatic hydroxyl groups excluding tert-OH is 6. The molecule has 6 aromatic rings. The fourth-order valence-electron chi connectivity index (χ4n) is 14.6. The standard InChI is InChI=1S/C25H21NO4.C20H16O3.C12H20O.2C9H20O5.C8H18O5.C7H12O5.C4H5NO3.2CH4.Cl2OS/c1-25(19-8-4-2-5-9-19,20-10-6-3-7-11-20)21-14-12-18(13-15-21)24(29)30-26-22(27)16-17-23(26)28;21-19(22)15-11-13-18(14-12-15)20(23,16-7-3-1-4-8-16)17-9-5-2-6-10-17;13-2-1-12-6-9-3-10(7-12)5-11(4-9)8-12;2*1-11-4-5-13-8-9-14-7-6-12-3-2-10;9-1-3-11-5-7-13-8-6-12-4-2-10;1-5(9)4-11-7(3-8)12-6(2)10;6-3-1-2-4(7)5(3)8;;;1-4(2)3/h2-15H,16-17H2,1H3;1-14,23H,(H,21,22);9-11,13H,1-8H2;2*10H,2-9H2,1H3;9-10H,1-8H2;7-8H,3-4H2,1-2H3;8H,1-2H2;2*1H4;. The number of nitrogens with zero attached hydrogens (tertiary/aromatic N) is 2.